The van der Waals surface area contributed by atoms with Gasteiger partial charge >= 0.3 is 0 Å². The molecule has 0 aromatic heterocycles. The summed E-state index contributed by atoms with van der Waals surface area (Å²) in [7, 11) is -3.65. The van der Waals surface area contributed by atoms with Gasteiger partial charge in [0.25, 0.3) is 0 Å². The number of nitrogens with one attached hydrogen (secondary N) is 1. The SMILES string of the molecule is CCCNC1=C(C)C(=O)c2c(/C=C/S(=O)(=O)c3ccccc3)cccc2C1=O. The number of fused-ring (bicyclic) bond motifs is 1. The number of carbonyl (C=O) groups is 2. The summed E-state index contributed by atoms with van der Waals surface area (Å²) in [6.07, 6.45) is 2.20. The highest BCUT2D eigenvalue weighted by molar-refractivity contribution is 7.94. The van der Waals surface area contributed by atoms with E-state index in [1.54, 1.807) is 43.3 Å². The Labute approximate surface area is 164 Å². The summed E-state index contributed by atoms with van der Waals surface area (Å²) >= 11 is 0. The molecule has 0 saturated heterocycles. The lowest BCUT2D eigenvalue weighted by Gasteiger charge is -2.21. The van der Waals surface area contributed by atoms with Crippen LogP contribution >= 0.6 is 0 Å². The summed E-state index contributed by atoms with van der Waals surface area (Å²) in [6.45, 7) is 4.18. The Morgan fingerprint density at radius 3 is 2.36 bits per heavy atom. The molecule has 0 saturated carbocycles. The van der Waals surface area contributed by atoms with Crippen molar-refractivity contribution in [1.82, 2.24) is 5.32 Å². The van der Waals surface area contributed by atoms with E-state index in [4.69, 9.17) is 0 Å². The maximum Gasteiger partial charge on any atom is 0.210 e. The summed E-state index contributed by atoms with van der Waals surface area (Å²) in [5.41, 5.74) is 1.60. The van der Waals surface area contributed by atoms with Gasteiger partial charge in [-0.3, -0.25) is 9.59 Å². The van der Waals surface area contributed by atoms with E-state index >= 15 is 0 Å². The third kappa shape index (κ3) is 3.68. The molecule has 6 heteroatoms. The molecule has 0 fully saturated rings. The van der Waals surface area contributed by atoms with Crippen molar-refractivity contribution in [1.29, 1.82) is 0 Å². The second-order valence-electron chi connectivity index (χ2n) is 6.52. The summed E-state index contributed by atoms with van der Waals surface area (Å²) in [5.74, 6) is -0.521. The topological polar surface area (TPSA) is 80.3 Å². The second kappa shape index (κ2) is 7.94. The van der Waals surface area contributed by atoms with Gasteiger partial charge < -0.3 is 5.32 Å². The molecule has 0 atom stereocenters. The fraction of sp³-hybridized carbons (Fsp3) is 0.182. The van der Waals surface area contributed by atoms with Crippen LogP contribution in [0, 0.1) is 0 Å². The zero-order chi connectivity index (χ0) is 20.3. The number of rotatable bonds is 6. The van der Waals surface area contributed by atoms with E-state index in [0.717, 1.165) is 11.8 Å². The van der Waals surface area contributed by atoms with Crippen molar-refractivity contribution in [2.24, 2.45) is 0 Å². The van der Waals surface area contributed by atoms with Gasteiger partial charge in [-0.2, -0.15) is 0 Å². The van der Waals surface area contributed by atoms with E-state index in [1.165, 1.54) is 18.2 Å². The van der Waals surface area contributed by atoms with Gasteiger partial charge in [0.15, 0.2) is 15.6 Å². The highest BCUT2D eigenvalue weighted by Gasteiger charge is 2.31. The average molecular weight is 395 g/mol. The first-order valence-electron chi connectivity index (χ1n) is 9.02. The first-order valence-corrected chi connectivity index (χ1v) is 10.6. The number of carbonyl (C=O) groups excluding carboxylic acids is 2. The minimum absolute atomic E-state index is 0.167. The molecule has 1 aliphatic carbocycles. The lowest BCUT2D eigenvalue weighted by molar-refractivity contribution is 0.0968. The summed E-state index contributed by atoms with van der Waals surface area (Å²) in [5, 5.41) is 4.10. The smallest absolute Gasteiger partial charge is 0.210 e. The molecule has 28 heavy (non-hydrogen) atoms. The molecule has 1 aliphatic rings. The van der Waals surface area contributed by atoms with Gasteiger partial charge in [0.2, 0.25) is 5.78 Å². The molecule has 3 rings (SSSR count). The summed E-state index contributed by atoms with van der Waals surface area (Å²) in [6, 6.07) is 12.9. The summed E-state index contributed by atoms with van der Waals surface area (Å²) < 4.78 is 25.0. The quantitative estimate of drug-likeness (QED) is 0.805. The van der Waals surface area contributed by atoms with Crippen LogP contribution in [0.3, 0.4) is 0 Å². The van der Waals surface area contributed by atoms with Crippen LogP contribution in [-0.4, -0.2) is 26.5 Å². The molecular formula is C22H21NO4S. The highest BCUT2D eigenvalue weighted by atomic mass is 32.2. The van der Waals surface area contributed by atoms with Crippen molar-refractivity contribution in [3.63, 3.8) is 0 Å². The molecule has 0 bridgehead atoms. The van der Waals surface area contributed by atoms with Gasteiger partial charge in [0, 0.05) is 28.7 Å². The third-order valence-corrected chi connectivity index (χ3v) is 5.98. The van der Waals surface area contributed by atoms with Crippen molar-refractivity contribution < 1.29 is 18.0 Å². The number of hydrogen-bond donors (Lipinski definition) is 1. The number of hydrogen-bond acceptors (Lipinski definition) is 5. The Bertz CT molecular complexity index is 1100. The Morgan fingerprint density at radius 2 is 1.68 bits per heavy atom. The molecule has 0 radical (unpaired) electrons. The number of ketones is 2. The number of allylic oxidation sites excluding steroid dienone is 2. The van der Waals surface area contributed by atoms with E-state index in [1.807, 2.05) is 6.92 Å². The maximum absolute atomic E-state index is 12.9. The van der Waals surface area contributed by atoms with E-state index < -0.39 is 9.84 Å². The van der Waals surface area contributed by atoms with Gasteiger partial charge in [-0.1, -0.05) is 43.3 Å². The van der Waals surface area contributed by atoms with Gasteiger partial charge in [-0.15, -0.1) is 0 Å². The molecule has 0 spiro atoms. The van der Waals surface area contributed by atoms with Crippen LogP contribution in [0.4, 0.5) is 0 Å². The van der Waals surface area contributed by atoms with Crippen LogP contribution in [0.5, 0.6) is 0 Å². The predicted octanol–water partition coefficient (Wildman–Crippen LogP) is 3.78. The fourth-order valence-electron chi connectivity index (χ4n) is 3.07. The normalized spacial score (nSPS) is 14.5. The van der Waals surface area contributed by atoms with Crippen molar-refractivity contribution in [2.75, 3.05) is 6.54 Å². The molecule has 0 unspecified atom stereocenters. The molecule has 0 aliphatic heterocycles. The molecule has 1 N–H and O–H groups in total. The van der Waals surface area contributed by atoms with Crippen LogP contribution in [-0.2, 0) is 9.84 Å². The number of sulfone groups is 1. The Morgan fingerprint density at radius 1 is 0.964 bits per heavy atom. The standard InChI is InChI=1S/C22H21NO4S/c1-3-13-23-20-15(2)21(24)19-16(8-7-11-18(19)22(20)25)12-14-28(26,27)17-9-5-4-6-10-17/h4-12,14,23H,3,13H2,1-2H3/b14-12+. The summed E-state index contributed by atoms with van der Waals surface area (Å²) in [4.78, 5) is 25.9. The molecule has 5 nitrogen and oxygen atoms in total. The van der Waals surface area contributed by atoms with Gasteiger partial charge in [-0.25, -0.2) is 8.42 Å². The van der Waals surface area contributed by atoms with Crippen LogP contribution in [0.15, 0.2) is 70.1 Å². The van der Waals surface area contributed by atoms with Crippen molar-refractivity contribution in [2.45, 2.75) is 25.2 Å². The molecule has 0 heterocycles. The van der Waals surface area contributed by atoms with Gasteiger partial charge in [0.1, 0.15) is 0 Å². The Kier molecular flexibility index (Phi) is 5.61. The van der Waals surface area contributed by atoms with Gasteiger partial charge in [0.05, 0.1) is 10.6 Å². The predicted molar refractivity (Wildman–Crippen MR) is 109 cm³/mol. The van der Waals surface area contributed by atoms with Crippen molar-refractivity contribution in [3.05, 3.63) is 81.9 Å². The lowest BCUT2D eigenvalue weighted by atomic mass is 9.85. The first kappa shape index (κ1) is 19.8. The first-order chi connectivity index (χ1) is 13.4. The average Bonchev–Trinajstić information content (AvgIpc) is 2.71. The van der Waals surface area contributed by atoms with Crippen molar-refractivity contribution >= 4 is 27.5 Å². The van der Waals surface area contributed by atoms with E-state index in [-0.39, 0.29) is 27.6 Å². The van der Waals surface area contributed by atoms with Crippen LogP contribution in [0.25, 0.3) is 6.08 Å². The second-order valence-corrected chi connectivity index (χ2v) is 8.35. The van der Waals surface area contributed by atoms with E-state index in [0.29, 0.717) is 23.4 Å². The van der Waals surface area contributed by atoms with Crippen LogP contribution in [0.1, 0.15) is 46.5 Å². The Hall–Kier alpha value is -2.99. The van der Waals surface area contributed by atoms with Crippen LogP contribution in [0.2, 0.25) is 0 Å². The minimum Gasteiger partial charge on any atom is -0.382 e. The fourth-order valence-corrected chi connectivity index (χ4v) is 4.09. The van der Waals surface area contributed by atoms with Gasteiger partial charge in [-0.05, 0) is 37.1 Å². The molecule has 2 aromatic rings. The molecule has 144 valence electrons. The number of benzene rings is 2. The zero-order valence-electron chi connectivity index (χ0n) is 15.7. The zero-order valence-corrected chi connectivity index (χ0v) is 16.5. The minimum atomic E-state index is -3.65. The highest BCUT2D eigenvalue weighted by Crippen LogP contribution is 2.29. The monoisotopic (exact) mass is 395 g/mol. The van der Waals surface area contributed by atoms with E-state index in [2.05, 4.69) is 5.32 Å². The van der Waals surface area contributed by atoms with Crippen LogP contribution < -0.4 is 5.32 Å². The third-order valence-electron chi connectivity index (χ3n) is 4.56. The molecular weight excluding hydrogens is 374 g/mol. The van der Waals surface area contributed by atoms with Crippen molar-refractivity contribution in [3.8, 4) is 0 Å². The number of Topliss-reactive ketones (excluding diaryl/α,β-unsaturated/α-hetero) is 2. The Balaban J connectivity index is 2.03. The molecule has 2 aromatic carbocycles. The van der Waals surface area contributed by atoms with E-state index in [9.17, 15) is 18.0 Å². The maximum atomic E-state index is 12.9. The largest absolute Gasteiger partial charge is 0.382 e. The lowest BCUT2D eigenvalue weighted by Crippen LogP contribution is -2.30. The molecule has 0 amide bonds.